The van der Waals surface area contributed by atoms with Gasteiger partial charge in [0.05, 0.1) is 6.42 Å². The van der Waals surface area contributed by atoms with E-state index in [1.54, 1.807) is 0 Å². The molecule has 0 radical (unpaired) electrons. The number of anilines is 1. The van der Waals surface area contributed by atoms with E-state index in [4.69, 9.17) is 5.11 Å². The lowest BCUT2D eigenvalue weighted by Crippen LogP contribution is -2.49. The SMILES string of the molecule is CC(C)N1c2ccccc2CNC(=O)C1CC(=O)O. The van der Waals surface area contributed by atoms with Gasteiger partial charge in [0.1, 0.15) is 6.04 Å². The highest BCUT2D eigenvalue weighted by Crippen LogP contribution is 2.28. The molecule has 1 amide bonds. The normalized spacial score (nSPS) is 18.8. The van der Waals surface area contributed by atoms with Crippen molar-refractivity contribution in [2.45, 2.75) is 38.9 Å². The number of carbonyl (C=O) groups excluding carboxylic acids is 1. The highest BCUT2D eigenvalue weighted by molar-refractivity contribution is 5.90. The third kappa shape index (κ3) is 2.70. The van der Waals surface area contributed by atoms with Crippen LogP contribution in [0.3, 0.4) is 0 Å². The number of nitrogens with one attached hydrogen (secondary N) is 1. The molecule has 2 rings (SSSR count). The second-order valence-electron chi connectivity index (χ2n) is 4.96. The molecular weight excluding hydrogens is 244 g/mol. The summed E-state index contributed by atoms with van der Waals surface area (Å²) in [5, 5.41) is 11.8. The Morgan fingerprint density at radius 3 is 2.79 bits per heavy atom. The van der Waals surface area contributed by atoms with Gasteiger partial charge in [-0.15, -0.1) is 0 Å². The largest absolute Gasteiger partial charge is 0.481 e. The number of hydrogen-bond acceptors (Lipinski definition) is 3. The molecule has 0 aliphatic carbocycles. The summed E-state index contributed by atoms with van der Waals surface area (Å²) in [6.07, 6.45) is -0.196. The monoisotopic (exact) mass is 262 g/mol. The number of carboxylic acid groups (broad SMARTS) is 1. The zero-order valence-corrected chi connectivity index (χ0v) is 11.1. The van der Waals surface area contributed by atoms with Crippen LogP contribution in [0.15, 0.2) is 24.3 Å². The highest BCUT2D eigenvalue weighted by atomic mass is 16.4. The molecule has 0 fully saturated rings. The number of benzene rings is 1. The van der Waals surface area contributed by atoms with Gasteiger partial charge in [-0.25, -0.2) is 0 Å². The molecule has 0 aromatic heterocycles. The molecule has 102 valence electrons. The van der Waals surface area contributed by atoms with E-state index in [1.165, 1.54) is 0 Å². The third-order valence-electron chi connectivity index (χ3n) is 3.29. The second-order valence-corrected chi connectivity index (χ2v) is 4.96. The number of carboxylic acids is 1. The van der Waals surface area contributed by atoms with E-state index < -0.39 is 12.0 Å². The molecular formula is C14H18N2O3. The van der Waals surface area contributed by atoms with Crippen molar-refractivity contribution in [2.75, 3.05) is 4.90 Å². The van der Waals surface area contributed by atoms with Crippen LogP contribution in [0, 0.1) is 0 Å². The summed E-state index contributed by atoms with van der Waals surface area (Å²) in [6, 6.07) is 7.09. The lowest BCUT2D eigenvalue weighted by atomic mass is 10.1. The maximum atomic E-state index is 12.1. The highest BCUT2D eigenvalue weighted by Gasteiger charge is 2.33. The fraction of sp³-hybridized carbons (Fsp3) is 0.429. The molecule has 0 spiro atoms. The van der Waals surface area contributed by atoms with E-state index in [0.29, 0.717) is 6.54 Å². The molecule has 1 aliphatic heterocycles. The molecule has 5 nitrogen and oxygen atoms in total. The van der Waals surface area contributed by atoms with Crippen LogP contribution >= 0.6 is 0 Å². The van der Waals surface area contributed by atoms with E-state index in [9.17, 15) is 9.59 Å². The molecule has 1 aromatic carbocycles. The van der Waals surface area contributed by atoms with Crippen LogP contribution in [0.1, 0.15) is 25.8 Å². The second kappa shape index (κ2) is 5.30. The van der Waals surface area contributed by atoms with Crippen LogP contribution < -0.4 is 10.2 Å². The molecule has 1 heterocycles. The van der Waals surface area contributed by atoms with E-state index in [0.717, 1.165) is 11.3 Å². The van der Waals surface area contributed by atoms with Crippen LogP contribution in [0.25, 0.3) is 0 Å². The first-order valence-corrected chi connectivity index (χ1v) is 6.36. The zero-order chi connectivity index (χ0) is 14.0. The summed E-state index contributed by atoms with van der Waals surface area (Å²) in [7, 11) is 0. The molecule has 0 saturated carbocycles. The Bertz CT molecular complexity index is 499. The van der Waals surface area contributed by atoms with Crippen molar-refractivity contribution in [3.63, 3.8) is 0 Å². The van der Waals surface area contributed by atoms with Gasteiger partial charge >= 0.3 is 5.97 Å². The zero-order valence-electron chi connectivity index (χ0n) is 11.1. The minimum Gasteiger partial charge on any atom is -0.481 e. The smallest absolute Gasteiger partial charge is 0.305 e. The predicted molar refractivity (Wildman–Crippen MR) is 71.9 cm³/mol. The number of rotatable bonds is 3. The first-order chi connectivity index (χ1) is 9.00. The summed E-state index contributed by atoms with van der Waals surface area (Å²) in [5.74, 6) is -1.20. The fourth-order valence-corrected chi connectivity index (χ4v) is 2.50. The van der Waals surface area contributed by atoms with Gasteiger partial charge in [0, 0.05) is 18.3 Å². The van der Waals surface area contributed by atoms with Crippen molar-refractivity contribution in [1.29, 1.82) is 0 Å². The Labute approximate surface area is 112 Å². The van der Waals surface area contributed by atoms with Gasteiger partial charge in [-0.1, -0.05) is 18.2 Å². The maximum Gasteiger partial charge on any atom is 0.305 e. The molecule has 1 unspecified atom stereocenters. The van der Waals surface area contributed by atoms with Gasteiger partial charge < -0.3 is 15.3 Å². The number of hydrogen-bond donors (Lipinski definition) is 2. The van der Waals surface area contributed by atoms with Crippen LogP contribution in [-0.4, -0.2) is 29.1 Å². The van der Waals surface area contributed by atoms with E-state index in [1.807, 2.05) is 43.0 Å². The summed E-state index contributed by atoms with van der Waals surface area (Å²) in [4.78, 5) is 25.0. The van der Waals surface area contributed by atoms with Crippen molar-refractivity contribution in [3.8, 4) is 0 Å². The lowest BCUT2D eigenvalue weighted by molar-refractivity contribution is -0.139. The molecule has 1 atom stereocenters. The van der Waals surface area contributed by atoms with Gasteiger partial charge in [0.15, 0.2) is 0 Å². The van der Waals surface area contributed by atoms with Crippen molar-refractivity contribution in [1.82, 2.24) is 5.32 Å². The van der Waals surface area contributed by atoms with E-state index in [2.05, 4.69) is 5.32 Å². The quantitative estimate of drug-likeness (QED) is 0.863. The molecule has 1 aliphatic rings. The number of fused-ring (bicyclic) bond motifs is 1. The number of para-hydroxylation sites is 1. The average Bonchev–Trinajstić information content (AvgIpc) is 2.47. The average molecular weight is 262 g/mol. The standard InChI is InChI=1S/C14H18N2O3/c1-9(2)16-11-6-4-3-5-10(11)8-15-14(19)12(16)7-13(17)18/h3-6,9,12H,7-8H2,1-2H3,(H,15,19)(H,17,18). The number of carbonyl (C=O) groups is 2. The summed E-state index contributed by atoms with van der Waals surface area (Å²) in [6.45, 7) is 4.36. The van der Waals surface area contributed by atoms with Crippen LogP contribution in [0.2, 0.25) is 0 Å². The molecule has 5 heteroatoms. The maximum absolute atomic E-state index is 12.1. The third-order valence-corrected chi connectivity index (χ3v) is 3.29. The first-order valence-electron chi connectivity index (χ1n) is 6.36. The van der Waals surface area contributed by atoms with Gasteiger partial charge in [-0.2, -0.15) is 0 Å². The molecule has 0 bridgehead atoms. The van der Waals surface area contributed by atoms with E-state index >= 15 is 0 Å². The van der Waals surface area contributed by atoms with Crippen LogP contribution in [-0.2, 0) is 16.1 Å². The summed E-state index contributed by atoms with van der Waals surface area (Å²) < 4.78 is 0. The number of amides is 1. The van der Waals surface area contributed by atoms with Crippen LogP contribution in [0.5, 0.6) is 0 Å². The lowest BCUT2D eigenvalue weighted by Gasteiger charge is -2.34. The van der Waals surface area contributed by atoms with Gasteiger partial charge in [-0.3, -0.25) is 9.59 Å². The molecule has 0 saturated heterocycles. The predicted octanol–water partition coefficient (Wildman–Crippen LogP) is 1.37. The Morgan fingerprint density at radius 2 is 2.16 bits per heavy atom. The minimum absolute atomic E-state index is 0.0503. The Morgan fingerprint density at radius 1 is 1.47 bits per heavy atom. The first kappa shape index (κ1) is 13.4. The molecule has 2 N–H and O–H groups in total. The van der Waals surface area contributed by atoms with Gasteiger partial charge in [-0.05, 0) is 25.5 Å². The van der Waals surface area contributed by atoms with Gasteiger partial charge in [0.2, 0.25) is 5.91 Å². The topological polar surface area (TPSA) is 69.6 Å². The Hall–Kier alpha value is -2.04. The van der Waals surface area contributed by atoms with Gasteiger partial charge in [0.25, 0.3) is 0 Å². The number of aliphatic carboxylic acids is 1. The van der Waals surface area contributed by atoms with Crippen molar-refractivity contribution in [2.24, 2.45) is 0 Å². The Kier molecular flexibility index (Phi) is 3.74. The fourth-order valence-electron chi connectivity index (χ4n) is 2.50. The van der Waals surface area contributed by atoms with Crippen molar-refractivity contribution >= 4 is 17.6 Å². The number of nitrogens with zero attached hydrogens (tertiary/aromatic N) is 1. The summed E-state index contributed by atoms with van der Waals surface area (Å²) in [5.41, 5.74) is 1.94. The van der Waals surface area contributed by atoms with Crippen molar-refractivity contribution < 1.29 is 14.7 Å². The van der Waals surface area contributed by atoms with Crippen LogP contribution in [0.4, 0.5) is 5.69 Å². The van der Waals surface area contributed by atoms with E-state index in [-0.39, 0.29) is 18.4 Å². The molecule has 1 aromatic rings. The summed E-state index contributed by atoms with van der Waals surface area (Å²) >= 11 is 0. The minimum atomic E-state index is -0.967. The van der Waals surface area contributed by atoms with Crippen molar-refractivity contribution in [3.05, 3.63) is 29.8 Å². The molecule has 19 heavy (non-hydrogen) atoms. The Balaban J connectivity index is 2.47.